The van der Waals surface area contributed by atoms with Gasteiger partial charge in [-0.3, -0.25) is 4.79 Å². The summed E-state index contributed by atoms with van der Waals surface area (Å²) in [7, 11) is 0. The van der Waals surface area contributed by atoms with Crippen molar-refractivity contribution in [3.63, 3.8) is 0 Å². The first-order chi connectivity index (χ1) is 9.49. The third-order valence-corrected chi connectivity index (χ3v) is 3.71. The van der Waals surface area contributed by atoms with Gasteiger partial charge in [-0.25, -0.2) is 0 Å². The molecule has 1 atom stereocenters. The minimum Gasteiger partial charge on any atom is -0.352 e. The molecule has 0 bridgehead atoms. The smallest absolute Gasteiger partial charge is 0.221 e. The lowest BCUT2D eigenvalue weighted by molar-refractivity contribution is -0.122. The van der Waals surface area contributed by atoms with Crippen LogP contribution >= 0.6 is 12.4 Å². The van der Waals surface area contributed by atoms with E-state index in [0.717, 1.165) is 19.3 Å². The lowest BCUT2D eigenvalue weighted by Crippen LogP contribution is -2.42. The van der Waals surface area contributed by atoms with Crippen molar-refractivity contribution in [3.05, 3.63) is 35.9 Å². The Labute approximate surface area is 135 Å². The highest BCUT2D eigenvalue weighted by atomic mass is 35.5. The molecule has 0 heterocycles. The molecule has 3 N–H and O–H groups in total. The van der Waals surface area contributed by atoms with Gasteiger partial charge in [0.05, 0.1) is 0 Å². The van der Waals surface area contributed by atoms with Gasteiger partial charge in [0.2, 0.25) is 5.91 Å². The summed E-state index contributed by atoms with van der Waals surface area (Å²) in [6.07, 6.45) is 3.68. The molecule has 0 aromatic heterocycles. The monoisotopic (exact) mass is 312 g/mol. The van der Waals surface area contributed by atoms with Crippen LogP contribution in [0.1, 0.15) is 52.0 Å². The van der Waals surface area contributed by atoms with Crippen LogP contribution in [-0.2, 0) is 10.2 Å². The molecule has 0 saturated carbocycles. The van der Waals surface area contributed by atoms with Crippen molar-refractivity contribution in [2.75, 3.05) is 6.54 Å². The standard InChI is InChI=1S/C17H28N2O.ClH/c1-4-5-11-15(13-18)19-16(20)12-17(2,3)14-9-7-6-8-10-14;/h6-10,15H,4-5,11-13,18H2,1-3H3,(H,19,20);1H. The molecule has 0 fully saturated rings. The fraction of sp³-hybridized carbons (Fsp3) is 0.588. The summed E-state index contributed by atoms with van der Waals surface area (Å²) < 4.78 is 0. The van der Waals surface area contributed by atoms with E-state index in [1.165, 1.54) is 5.56 Å². The molecule has 1 aromatic rings. The van der Waals surface area contributed by atoms with E-state index in [0.29, 0.717) is 13.0 Å². The second-order valence-corrected chi connectivity index (χ2v) is 6.07. The number of nitrogens with two attached hydrogens (primary N) is 1. The lowest BCUT2D eigenvalue weighted by atomic mass is 9.81. The number of amides is 1. The van der Waals surface area contributed by atoms with Gasteiger partial charge in [0.1, 0.15) is 0 Å². The molecule has 0 aliphatic carbocycles. The molecule has 1 rings (SSSR count). The lowest BCUT2D eigenvalue weighted by Gasteiger charge is -2.26. The number of carbonyl (C=O) groups is 1. The number of unbranched alkanes of at least 4 members (excludes halogenated alkanes) is 1. The highest BCUT2D eigenvalue weighted by molar-refractivity contribution is 5.85. The Balaban J connectivity index is 0.00000400. The summed E-state index contributed by atoms with van der Waals surface area (Å²) >= 11 is 0. The minimum absolute atomic E-state index is 0. The molecule has 1 aromatic carbocycles. The first-order valence-electron chi connectivity index (χ1n) is 7.54. The van der Waals surface area contributed by atoms with Crippen LogP contribution in [0, 0.1) is 0 Å². The van der Waals surface area contributed by atoms with Gasteiger partial charge < -0.3 is 11.1 Å². The van der Waals surface area contributed by atoms with Gasteiger partial charge in [0.15, 0.2) is 0 Å². The average Bonchev–Trinajstić information content (AvgIpc) is 2.43. The van der Waals surface area contributed by atoms with E-state index in [4.69, 9.17) is 5.73 Å². The maximum absolute atomic E-state index is 12.2. The molecule has 4 heteroatoms. The number of hydrogen-bond donors (Lipinski definition) is 2. The number of benzene rings is 1. The largest absolute Gasteiger partial charge is 0.352 e. The summed E-state index contributed by atoms with van der Waals surface area (Å²) in [4.78, 5) is 12.2. The van der Waals surface area contributed by atoms with Crippen LogP contribution in [0.3, 0.4) is 0 Å². The molecule has 21 heavy (non-hydrogen) atoms. The van der Waals surface area contributed by atoms with E-state index in [9.17, 15) is 4.79 Å². The molecule has 0 aliphatic rings. The van der Waals surface area contributed by atoms with E-state index in [1.807, 2.05) is 18.2 Å². The Morgan fingerprint density at radius 1 is 1.29 bits per heavy atom. The van der Waals surface area contributed by atoms with Gasteiger partial charge in [-0.05, 0) is 17.4 Å². The van der Waals surface area contributed by atoms with E-state index >= 15 is 0 Å². The number of rotatable bonds is 8. The van der Waals surface area contributed by atoms with Gasteiger partial charge in [0, 0.05) is 19.0 Å². The predicted molar refractivity (Wildman–Crippen MR) is 91.8 cm³/mol. The van der Waals surface area contributed by atoms with Crippen molar-refractivity contribution in [2.45, 2.75) is 57.9 Å². The first-order valence-corrected chi connectivity index (χ1v) is 7.54. The number of hydrogen-bond acceptors (Lipinski definition) is 2. The maximum atomic E-state index is 12.2. The fourth-order valence-corrected chi connectivity index (χ4v) is 2.37. The van der Waals surface area contributed by atoms with E-state index < -0.39 is 0 Å². The quantitative estimate of drug-likeness (QED) is 0.773. The van der Waals surface area contributed by atoms with Crippen LogP contribution in [0.2, 0.25) is 0 Å². The van der Waals surface area contributed by atoms with Gasteiger partial charge >= 0.3 is 0 Å². The van der Waals surface area contributed by atoms with Crippen molar-refractivity contribution >= 4 is 18.3 Å². The molecule has 0 radical (unpaired) electrons. The van der Waals surface area contributed by atoms with Crippen LogP contribution < -0.4 is 11.1 Å². The van der Waals surface area contributed by atoms with E-state index in [2.05, 4.69) is 38.2 Å². The highest BCUT2D eigenvalue weighted by Crippen LogP contribution is 2.26. The minimum atomic E-state index is -0.157. The molecule has 1 amide bonds. The Morgan fingerprint density at radius 3 is 2.43 bits per heavy atom. The predicted octanol–water partition coefficient (Wildman–Crippen LogP) is 3.41. The second kappa shape index (κ2) is 9.80. The Hall–Kier alpha value is -1.06. The van der Waals surface area contributed by atoms with Gasteiger partial charge in [-0.2, -0.15) is 0 Å². The van der Waals surface area contributed by atoms with Crippen molar-refractivity contribution in [3.8, 4) is 0 Å². The average molecular weight is 313 g/mol. The van der Waals surface area contributed by atoms with Crippen molar-refractivity contribution in [1.29, 1.82) is 0 Å². The van der Waals surface area contributed by atoms with Gasteiger partial charge in [0.25, 0.3) is 0 Å². The molecule has 0 aliphatic heterocycles. The Bertz CT molecular complexity index is 407. The maximum Gasteiger partial charge on any atom is 0.221 e. The third kappa shape index (κ3) is 6.96. The van der Waals surface area contributed by atoms with E-state index in [1.54, 1.807) is 0 Å². The molecule has 120 valence electrons. The van der Waals surface area contributed by atoms with E-state index in [-0.39, 0.29) is 29.8 Å². The summed E-state index contributed by atoms with van der Waals surface area (Å²) in [6, 6.07) is 10.3. The molecule has 0 spiro atoms. The zero-order valence-corrected chi connectivity index (χ0v) is 14.2. The third-order valence-electron chi connectivity index (χ3n) is 3.71. The highest BCUT2D eigenvalue weighted by Gasteiger charge is 2.24. The zero-order chi connectivity index (χ0) is 15.0. The number of nitrogens with one attached hydrogen (secondary N) is 1. The molecular weight excluding hydrogens is 284 g/mol. The summed E-state index contributed by atoms with van der Waals surface area (Å²) in [5, 5.41) is 3.06. The topological polar surface area (TPSA) is 55.1 Å². The summed E-state index contributed by atoms with van der Waals surface area (Å²) in [5.74, 6) is 0.0883. The SMILES string of the molecule is CCCCC(CN)NC(=O)CC(C)(C)c1ccccc1.Cl. The molecule has 1 unspecified atom stereocenters. The Morgan fingerprint density at radius 2 is 1.90 bits per heavy atom. The summed E-state index contributed by atoms with van der Waals surface area (Å²) in [5.41, 5.74) is 6.75. The summed E-state index contributed by atoms with van der Waals surface area (Å²) in [6.45, 7) is 6.86. The van der Waals surface area contributed by atoms with Crippen LogP contribution in [0.4, 0.5) is 0 Å². The molecular formula is C17H29ClN2O. The number of carbonyl (C=O) groups excluding carboxylic acids is 1. The van der Waals surface area contributed by atoms with Gasteiger partial charge in [-0.1, -0.05) is 63.9 Å². The second-order valence-electron chi connectivity index (χ2n) is 6.07. The van der Waals surface area contributed by atoms with Gasteiger partial charge in [-0.15, -0.1) is 12.4 Å². The zero-order valence-electron chi connectivity index (χ0n) is 13.4. The normalized spacial score (nSPS) is 12.4. The van der Waals surface area contributed by atoms with Crippen LogP contribution in [0.25, 0.3) is 0 Å². The van der Waals surface area contributed by atoms with Crippen LogP contribution in [-0.4, -0.2) is 18.5 Å². The molecule has 0 saturated heterocycles. The van der Waals surface area contributed by atoms with Crippen molar-refractivity contribution in [1.82, 2.24) is 5.32 Å². The first kappa shape index (κ1) is 19.9. The fourth-order valence-electron chi connectivity index (χ4n) is 2.37. The Kier molecular flexibility index (Phi) is 9.31. The van der Waals surface area contributed by atoms with Crippen molar-refractivity contribution < 1.29 is 4.79 Å². The van der Waals surface area contributed by atoms with Crippen LogP contribution in [0.15, 0.2) is 30.3 Å². The molecule has 3 nitrogen and oxygen atoms in total. The van der Waals surface area contributed by atoms with Crippen LogP contribution in [0.5, 0.6) is 0 Å². The van der Waals surface area contributed by atoms with Crippen molar-refractivity contribution in [2.24, 2.45) is 5.73 Å². The number of halogens is 1.